The lowest BCUT2D eigenvalue weighted by Gasteiger charge is -2.40. The molecule has 1 aromatic rings. The first-order valence-corrected chi connectivity index (χ1v) is 6.89. The number of rotatable bonds is 4. The molecule has 1 aliphatic rings. The van der Waals surface area contributed by atoms with Crippen molar-refractivity contribution in [2.75, 3.05) is 25.5 Å². The van der Waals surface area contributed by atoms with E-state index in [2.05, 4.69) is 10.2 Å². The van der Waals surface area contributed by atoms with Crippen molar-refractivity contribution in [3.8, 4) is 0 Å². The van der Waals surface area contributed by atoms with Crippen LogP contribution < -0.4 is 10.2 Å². The van der Waals surface area contributed by atoms with E-state index in [-0.39, 0.29) is 5.82 Å². The molecule has 2 rings (SSSR count). The minimum absolute atomic E-state index is 0.204. The van der Waals surface area contributed by atoms with Crippen LogP contribution in [0, 0.1) is 5.82 Å². The summed E-state index contributed by atoms with van der Waals surface area (Å²) in [5.74, 6) is -0.204. The lowest BCUT2D eigenvalue weighted by molar-refractivity contribution is 0.00199. The van der Waals surface area contributed by atoms with Gasteiger partial charge in [-0.1, -0.05) is 0 Å². The Kier molecular flexibility index (Phi) is 4.42. The summed E-state index contributed by atoms with van der Waals surface area (Å²) in [4.78, 5) is 2.19. The number of hydrogen-bond donors (Lipinski definition) is 2. The molecule has 2 N–H and O–H groups in total. The highest BCUT2D eigenvalue weighted by atomic mass is 19.1. The molecule has 3 nitrogen and oxygen atoms in total. The summed E-state index contributed by atoms with van der Waals surface area (Å²) in [7, 11) is 3.91. The van der Waals surface area contributed by atoms with Crippen LogP contribution in [0.3, 0.4) is 0 Å². The van der Waals surface area contributed by atoms with E-state index in [1.54, 1.807) is 0 Å². The zero-order valence-electron chi connectivity index (χ0n) is 11.7. The minimum Gasteiger partial charge on any atom is -0.389 e. The predicted octanol–water partition coefficient (Wildman–Crippen LogP) is 2.15. The molecule has 0 atom stereocenters. The SMILES string of the molecule is CNCC1(O)CCC(N(C)c2ccc(F)cc2)CC1. The number of halogens is 1. The molecule has 1 aromatic carbocycles. The Morgan fingerprint density at radius 2 is 1.89 bits per heavy atom. The smallest absolute Gasteiger partial charge is 0.123 e. The summed E-state index contributed by atoms with van der Waals surface area (Å²) in [6.45, 7) is 0.653. The van der Waals surface area contributed by atoms with E-state index in [1.165, 1.54) is 12.1 Å². The molecule has 1 saturated carbocycles. The molecular formula is C15H23FN2O. The summed E-state index contributed by atoms with van der Waals surface area (Å²) in [5, 5.41) is 13.4. The summed E-state index contributed by atoms with van der Waals surface area (Å²) < 4.78 is 12.9. The van der Waals surface area contributed by atoms with E-state index in [1.807, 2.05) is 26.2 Å². The predicted molar refractivity (Wildman–Crippen MR) is 75.9 cm³/mol. The van der Waals surface area contributed by atoms with Crippen molar-refractivity contribution in [1.82, 2.24) is 5.32 Å². The summed E-state index contributed by atoms with van der Waals surface area (Å²) in [5.41, 5.74) is 0.472. The van der Waals surface area contributed by atoms with Crippen LogP contribution in [0.15, 0.2) is 24.3 Å². The minimum atomic E-state index is -0.561. The van der Waals surface area contributed by atoms with Crippen LogP contribution in [0.1, 0.15) is 25.7 Å². The van der Waals surface area contributed by atoms with Gasteiger partial charge in [-0.2, -0.15) is 0 Å². The van der Waals surface area contributed by atoms with E-state index in [0.29, 0.717) is 12.6 Å². The van der Waals surface area contributed by atoms with Crippen LogP contribution in [0.5, 0.6) is 0 Å². The van der Waals surface area contributed by atoms with Crippen LogP contribution in [-0.2, 0) is 0 Å². The number of aliphatic hydroxyl groups is 1. The summed E-state index contributed by atoms with van der Waals surface area (Å²) >= 11 is 0. The topological polar surface area (TPSA) is 35.5 Å². The van der Waals surface area contributed by atoms with Crippen molar-refractivity contribution in [2.45, 2.75) is 37.3 Å². The number of likely N-dealkylation sites (N-methyl/N-ethyl adjacent to an activating group) is 1. The molecule has 1 fully saturated rings. The Hall–Kier alpha value is -1.13. The van der Waals surface area contributed by atoms with Gasteiger partial charge >= 0.3 is 0 Å². The van der Waals surface area contributed by atoms with Crippen molar-refractivity contribution in [1.29, 1.82) is 0 Å². The van der Waals surface area contributed by atoms with Gasteiger partial charge in [-0.05, 0) is 57.0 Å². The van der Waals surface area contributed by atoms with Gasteiger partial charge in [0, 0.05) is 25.3 Å². The second-order valence-corrected chi connectivity index (χ2v) is 5.57. The molecule has 0 saturated heterocycles. The number of anilines is 1. The molecule has 1 aliphatic carbocycles. The molecule has 0 spiro atoms. The third-order valence-electron chi connectivity index (χ3n) is 4.17. The van der Waals surface area contributed by atoms with Gasteiger partial charge in [-0.15, -0.1) is 0 Å². The second kappa shape index (κ2) is 5.88. The Morgan fingerprint density at radius 3 is 2.42 bits per heavy atom. The summed E-state index contributed by atoms with van der Waals surface area (Å²) in [6, 6.07) is 7.02. The highest BCUT2D eigenvalue weighted by Gasteiger charge is 2.33. The van der Waals surface area contributed by atoms with Gasteiger partial charge in [0.1, 0.15) is 5.82 Å². The fraction of sp³-hybridized carbons (Fsp3) is 0.600. The lowest BCUT2D eigenvalue weighted by Crippen LogP contribution is -2.47. The van der Waals surface area contributed by atoms with E-state index in [0.717, 1.165) is 31.4 Å². The number of benzene rings is 1. The largest absolute Gasteiger partial charge is 0.389 e. The molecule has 0 aliphatic heterocycles. The molecule has 106 valence electrons. The summed E-state index contributed by atoms with van der Waals surface area (Å²) in [6.07, 6.45) is 3.55. The van der Waals surface area contributed by atoms with E-state index in [9.17, 15) is 9.50 Å². The molecular weight excluding hydrogens is 243 g/mol. The number of hydrogen-bond acceptors (Lipinski definition) is 3. The van der Waals surface area contributed by atoms with Crippen molar-refractivity contribution in [3.63, 3.8) is 0 Å². The lowest BCUT2D eigenvalue weighted by atomic mass is 9.81. The molecule has 0 unspecified atom stereocenters. The molecule has 19 heavy (non-hydrogen) atoms. The van der Waals surface area contributed by atoms with Crippen LogP contribution in [-0.4, -0.2) is 37.4 Å². The van der Waals surface area contributed by atoms with Crippen LogP contribution in [0.25, 0.3) is 0 Å². The molecule has 0 radical (unpaired) electrons. The van der Waals surface area contributed by atoms with Crippen molar-refractivity contribution in [3.05, 3.63) is 30.1 Å². The highest BCUT2D eigenvalue weighted by Crippen LogP contribution is 2.32. The van der Waals surface area contributed by atoms with E-state index >= 15 is 0 Å². The zero-order chi connectivity index (χ0) is 13.9. The quantitative estimate of drug-likeness (QED) is 0.876. The number of nitrogens with one attached hydrogen (secondary N) is 1. The zero-order valence-corrected chi connectivity index (χ0v) is 11.7. The average molecular weight is 266 g/mol. The van der Waals surface area contributed by atoms with Crippen molar-refractivity contribution in [2.24, 2.45) is 0 Å². The highest BCUT2D eigenvalue weighted by molar-refractivity contribution is 5.46. The monoisotopic (exact) mass is 266 g/mol. The van der Waals surface area contributed by atoms with Crippen LogP contribution in [0.2, 0.25) is 0 Å². The van der Waals surface area contributed by atoms with Gasteiger partial charge in [-0.3, -0.25) is 0 Å². The Morgan fingerprint density at radius 1 is 1.32 bits per heavy atom. The third-order valence-corrected chi connectivity index (χ3v) is 4.17. The molecule has 0 amide bonds. The Labute approximate surface area is 114 Å². The Balaban J connectivity index is 1.95. The maximum absolute atomic E-state index is 12.9. The number of nitrogens with zero attached hydrogens (tertiary/aromatic N) is 1. The standard InChI is InChI=1S/C15H23FN2O/c1-17-11-15(19)9-7-14(8-10-15)18(2)13-5-3-12(16)4-6-13/h3-6,14,17,19H,7-11H2,1-2H3. The fourth-order valence-electron chi connectivity index (χ4n) is 2.92. The van der Waals surface area contributed by atoms with Gasteiger partial charge in [0.15, 0.2) is 0 Å². The molecule has 4 heteroatoms. The normalized spacial score (nSPS) is 27.3. The fourth-order valence-corrected chi connectivity index (χ4v) is 2.92. The van der Waals surface area contributed by atoms with Crippen LogP contribution >= 0.6 is 0 Å². The van der Waals surface area contributed by atoms with E-state index in [4.69, 9.17) is 0 Å². The first-order valence-electron chi connectivity index (χ1n) is 6.89. The van der Waals surface area contributed by atoms with Gasteiger partial charge in [0.2, 0.25) is 0 Å². The maximum Gasteiger partial charge on any atom is 0.123 e. The van der Waals surface area contributed by atoms with Gasteiger partial charge in [-0.25, -0.2) is 4.39 Å². The van der Waals surface area contributed by atoms with Gasteiger partial charge in [0.25, 0.3) is 0 Å². The first kappa shape index (κ1) is 14.3. The first-order chi connectivity index (χ1) is 9.04. The average Bonchev–Trinajstić information content (AvgIpc) is 2.40. The van der Waals surface area contributed by atoms with Gasteiger partial charge in [0.05, 0.1) is 5.60 Å². The third kappa shape index (κ3) is 3.45. The Bertz CT molecular complexity index is 399. The molecule has 0 aromatic heterocycles. The molecule has 0 bridgehead atoms. The maximum atomic E-state index is 12.9. The van der Waals surface area contributed by atoms with Gasteiger partial charge < -0.3 is 15.3 Å². The van der Waals surface area contributed by atoms with E-state index < -0.39 is 5.60 Å². The van der Waals surface area contributed by atoms with Crippen molar-refractivity contribution >= 4 is 5.69 Å². The van der Waals surface area contributed by atoms with Crippen molar-refractivity contribution < 1.29 is 9.50 Å². The molecule has 0 heterocycles. The van der Waals surface area contributed by atoms with Crippen LogP contribution in [0.4, 0.5) is 10.1 Å². The second-order valence-electron chi connectivity index (χ2n) is 5.57.